The molecule has 1 aromatic heterocycles. The van der Waals surface area contributed by atoms with E-state index in [1.54, 1.807) is 24.5 Å². The first kappa shape index (κ1) is 30.4. The molecule has 5 aromatic rings. The molecular weight excluding hydrogens is 579 g/mol. The molecule has 1 N–H and O–H groups in total. The summed E-state index contributed by atoms with van der Waals surface area (Å²) >= 11 is 0. The lowest BCUT2D eigenvalue weighted by atomic mass is 9.95. The second kappa shape index (κ2) is 14.0. The van der Waals surface area contributed by atoms with Crippen molar-refractivity contribution in [1.29, 1.82) is 0 Å². The number of sulfonamides is 1. The molecule has 4 aromatic carbocycles. The van der Waals surface area contributed by atoms with Gasteiger partial charge in [0.2, 0.25) is 10.0 Å². The van der Waals surface area contributed by atoms with Crippen LogP contribution in [0.4, 0.5) is 0 Å². The van der Waals surface area contributed by atoms with Gasteiger partial charge in [0.05, 0.1) is 4.90 Å². The summed E-state index contributed by atoms with van der Waals surface area (Å²) in [7, 11) is -3.89. The Morgan fingerprint density at radius 2 is 1.33 bits per heavy atom. The van der Waals surface area contributed by atoms with E-state index in [0.717, 1.165) is 40.7 Å². The first-order valence-electron chi connectivity index (χ1n) is 15.5. The van der Waals surface area contributed by atoms with Gasteiger partial charge < -0.3 is 5.32 Å². The zero-order chi connectivity index (χ0) is 31.1. The Kier molecular flexibility index (Phi) is 9.48. The van der Waals surface area contributed by atoms with Gasteiger partial charge in [0.25, 0.3) is 5.91 Å². The number of nitrogens with one attached hydrogen (secondary N) is 1. The van der Waals surface area contributed by atoms with E-state index in [0.29, 0.717) is 11.1 Å². The number of carbonyl (C=O) groups is 1. The van der Waals surface area contributed by atoms with Crippen LogP contribution in [0.3, 0.4) is 0 Å². The van der Waals surface area contributed by atoms with E-state index >= 15 is 0 Å². The van der Waals surface area contributed by atoms with E-state index in [1.165, 1.54) is 23.6 Å². The molecule has 0 saturated heterocycles. The van der Waals surface area contributed by atoms with Crippen molar-refractivity contribution in [3.8, 4) is 22.3 Å². The monoisotopic (exact) mass is 615 g/mol. The number of hydrogen-bond acceptors (Lipinski definition) is 4. The lowest BCUT2D eigenvalue weighted by molar-refractivity contribution is 0.0927. The molecule has 0 atom stereocenters. The minimum atomic E-state index is -3.89. The summed E-state index contributed by atoms with van der Waals surface area (Å²) in [6.07, 6.45) is 9.09. The Labute approximate surface area is 265 Å². The first-order chi connectivity index (χ1) is 22.0. The number of nitrogens with zero attached hydrogens (tertiary/aromatic N) is 2. The molecule has 1 heterocycles. The molecule has 1 saturated carbocycles. The molecule has 6 rings (SSSR count). The number of amides is 1. The highest BCUT2D eigenvalue weighted by molar-refractivity contribution is 7.89. The third-order valence-electron chi connectivity index (χ3n) is 8.41. The van der Waals surface area contributed by atoms with Crippen LogP contribution in [0.25, 0.3) is 22.3 Å². The van der Waals surface area contributed by atoms with Crippen LogP contribution in [0, 0.1) is 0 Å². The first-order valence-corrected chi connectivity index (χ1v) is 17.0. The molecule has 0 aliphatic heterocycles. The van der Waals surface area contributed by atoms with Crippen molar-refractivity contribution < 1.29 is 13.2 Å². The number of benzene rings is 4. The van der Waals surface area contributed by atoms with Crippen molar-refractivity contribution in [1.82, 2.24) is 14.6 Å². The van der Waals surface area contributed by atoms with E-state index in [2.05, 4.69) is 10.3 Å². The lowest BCUT2D eigenvalue weighted by Crippen LogP contribution is -2.36. The Balaban J connectivity index is 1.22. The highest BCUT2D eigenvalue weighted by Gasteiger charge is 2.28. The van der Waals surface area contributed by atoms with E-state index < -0.39 is 10.0 Å². The zero-order valence-electron chi connectivity index (χ0n) is 25.2. The summed E-state index contributed by atoms with van der Waals surface area (Å²) < 4.78 is 30.1. The highest BCUT2D eigenvalue weighted by atomic mass is 32.2. The van der Waals surface area contributed by atoms with Gasteiger partial charge in [0.1, 0.15) is 0 Å². The van der Waals surface area contributed by atoms with Crippen LogP contribution in [-0.2, 0) is 23.1 Å². The summed E-state index contributed by atoms with van der Waals surface area (Å²) in [6.45, 7) is 0.381. The minimum Gasteiger partial charge on any atom is -0.349 e. The third-order valence-corrected chi connectivity index (χ3v) is 10.3. The predicted octanol–water partition coefficient (Wildman–Crippen LogP) is 7.87. The van der Waals surface area contributed by atoms with Gasteiger partial charge in [0, 0.05) is 42.7 Å². The Morgan fingerprint density at radius 1 is 0.689 bits per heavy atom. The minimum absolute atomic E-state index is 0.0208. The average molecular weight is 616 g/mol. The summed E-state index contributed by atoms with van der Waals surface area (Å²) in [6, 6.07) is 36.3. The summed E-state index contributed by atoms with van der Waals surface area (Å²) in [5, 5.41) is 3.18. The summed E-state index contributed by atoms with van der Waals surface area (Å²) in [4.78, 5) is 17.2. The SMILES string of the molecule is O=C(NC1CCCCC1)c1ccc(-c2ccc(CN(Cc3cccnc3)S(=O)(=O)c3ccccc3-c3ccccc3)cc2)cc1. The van der Waals surface area contributed by atoms with E-state index in [9.17, 15) is 13.2 Å². The van der Waals surface area contributed by atoms with Crippen molar-refractivity contribution in [2.75, 3.05) is 0 Å². The molecule has 1 aliphatic carbocycles. The molecule has 0 bridgehead atoms. The predicted molar refractivity (Wildman–Crippen MR) is 179 cm³/mol. The smallest absolute Gasteiger partial charge is 0.251 e. The molecule has 228 valence electrons. The second-order valence-corrected chi connectivity index (χ2v) is 13.5. The molecule has 7 heteroatoms. The van der Waals surface area contributed by atoms with Crippen LogP contribution in [0.1, 0.15) is 53.6 Å². The second-order valence-electron chi connectivity index (χ2n) is 11.6. The maximum Gasteiger partial charge on any atom is 0.251 e. The Hall–Kier alpha value is -4.59. The lowest BCUT2D eigenvalue weighted by Gasteiger charge is -2.24. The third kappa shape index (κ3) is 7.39. The molecule has 45 heavy (non-hydrogen) atoms. The number of carbonyl (C=O) groups excluding carboxylic acids is 1. The molecule has 1 fully saturated rings. The number of hydrogen-bond donors (Lipinski definition) is 1. The van der Waals surface area contributed by atoms with E-state index in [1.807, 2.05) is 103 Å². The van der Waals surface area contributed by atoms with Gasteiger partial charge >= 0.3 is 0 Å². The van der Waals surface area contributed by atoms with Gasteiger partial charge in [-0.15, -0.1) is 0 Å². The maximum atomic E-state index is 14.3. The van der Waals surface area contributed by atoms with Crippen LogP contribution in [-0.4, -0.2) is 29.7 Å². The highest BCUT2D eigenvalue weighted by Crippen LogP contribution is 2.31. The normalized spacial score (nSPS) is 13.9. The van der Waals surface area contributed by atoms with Gasteiger partial charge in [-0.25, -0.2) is 8.42 Å². The quantitative estimate of drug-likeness (QED) is 0.173. The molecule has 0 radical (unpaired) electrons. The topological polar surface area (TPSA) is 79.4 Å². The number of rotatable bonds is 10. The van der Waals surface area contributed by atoms with Gasteiger partial charge in [-0.1, -0.05) is 110 Å². The summed E-state index contributed by atoms with van der Waals surface area (Å²) in [5.74, 6) is -0.0208. The van der Waals surface area contributed by atoms with Crippen molar-refractivity contribution in [3.05, 3.63) is 144 Å². The largest absolute Gasteiger partial charge is 0.349 e. The van der Waals surface area contributed by atoms with Crippen LogP contribution in [0.5, 0.6) is 0 Å². The zero-order valence-corrected chi connectivity index (χ0v) is 26.0. The molecule has 0 spiro atoms. The Bertz CT molecular complexity index is 1820. The van der Waals surface area contributed by atoms with Gasteiger partial charge in [-0.3, -0.25) is 9.78 Å². The van der Waals surface area contributed by atoms with Gasteiger partial charge in [0.15, 0.2) is 0 Å². The molecule has 0 unspecified atom stereocenters. The van der Waals surface area contributed by atoms with Crippen LogP contribution >= 0.6 is 0 Å². The average Bonchev–Trinajstić information content (AvgIpc) is 3.10. The fraction of sp³-hybridized carbons (Fsp3) is 0.211. The van der Waals surface area contributed by atoms with Crippen molar-refractivity contribution in [2.45, 2.75) is 56.1 Å². The van der Waals surface area contributed by atoms with Crippen molar-refractivity contribution in [2.24, 2.45) is 0 Å². The van der Waals surface area contributed by atoms with Crippen LogP contribution < -0.4 is 5.32 Å². The molecule has 6 nitrogen and oxygen atoms in total. The molecule has 1 aliphatic rings. The van der Waals surface area contributed by atoms with Gasteiger partial charge in [-0.2, -0.15) is 4.31 Å². The molecular formula is C38H37N3O3S. The maximum absolute atomic E-state index is 14.3. The van der Waals surface area contributed by atoms with Crippen LogP contribution in [0.2, 0.25) is 0 Å². The van der Waals surface area contributed by atoms with E-state index in [-0.39, 0.29) is 29.9 Å². The van der Waals surface area contributed by atoms with Crippen molar-refractivity contribution in [3.63, 3.8) is 0 Å². The van der Waals surface area contributed by atoms with Crippen LogP contribution in [0.15, 0.2) is 133 Å². The number of aromatic nitrogens is 1. The fourth-order valence-electron chi connectivity index (χ4n) is 5.94. The number of pyridine rings is 1. The molecule has 1 amide bonds. The fourth-order valence-corrected chi connectivity index (χ4v) is 7.57. The van der Waals surface area contributed by atoms with E-state index in [4.69, 9.17) is 0 Å². The summed E-state index contributed by atoms with van der Waals surface area (Å²) in [5.41, 5.74) is 5.84. The van der Waals surface area contributed by atoms with Crippen molar-refractivity contribution >= 4 is 15.9 Å². The van der Waals surface area contributed by atoms with Gasteiger partial charge in [-0.05, 0) is 64.9 Å². The Morgan fingerprint density at radius 3 is 2.02 bits per heavy atom. The standard InChI is InChI=1S/C38H37N3O3S/c42-38(40-35-13-5-2-6-14-35)34-23-21-32(22-24-34)31-19-17-29(18-20-31)27-41(28-30-10-9-25-39-26-30)45(43,44)37-16-8-7-15-36(37)33-11-3-1-4-12-33/h1,3-4,7-12,15-26,35H,2,5-6,13-14,27-28H2,(H,40,42).